The minimum atomic E-state index is -1.03. The number of hydrogen-bond donors (Lipinski definition) is 2. The third-order valence-electron chi connectivity index (χ3n) is 7.80. The number of benzene rings is 1. The molecule has 202 valence electrons. The number of aromatic nitrogens is 2. The van der Waals surface area contributed by atoms with E-state index in [1.165, 1.54) is 23.4 Å². The van der Waals surface area contributed by atoms with E-state index in [9.17, 15) is 14.7 Å². The molecule has 0 saturated carbocycles. The van der Waals surface area contributed by atoms with Gasteiger partial charge in [0.1, 0.15) is 5.82 Å². The van der Waals surface area contributed by atoms with Crippen LogP contribution in [-0.2, 0) is 16.1 Å². The molecule has 9 heteroatoms. The Hall–Kier alpha value is -2.75. The zero-order chi connectivity index (χ0) is 26.3. The summed E-state index contributed by atoms with van der Waals surface area (Å²) in [6.45, 7) is 6.60. The van der Waals surface area contributed by atoms with Gasteiger partial charge in [0.15, 0.2) is 0 Å². The highest BCUT2D eigenvalue weighted by Crippen LogP contribution is 2.26. The minimum absolute atomic E-state index is 0.107. The summed E-state index contributed by atoms with van der Waals surface area (Å²) in [4.78, 5) is 34.2. The molecule has 1 aromatic carbocycles. The molecule has 2 aromatic rings. The van der Waals surface area contributed by atoms with Crippen molar-refractivity contribution in [1.82, 2.24) is 19.4 Å². The number of amides is 1. The van der Waals surface area contributed by atoms with Crippen LogP contribution in [0.5, 0.6) is 0 Å². The van der Waals surface area contributed by atoms with E-state index in [0.29, 0.717) is 50.8 Å². The molecule has 3 heterocycles. The van der Waals surface area contributed by atoms with Crippen LogP contribution in [0.1, 0.15) is 50.5 Å². The zero-order valence-electron chi connectivity index (χ0n) is 22.1. The number of piperidine rings is 1. The highest BCUT2D eigenvalue weighted by atomic mass is 16.5. The molecule has 2 atom stereocenters. The average molecular weight is 512 g/mol. The van der Waals surface area contributed by atoms with Gasteiger partial charge in [-0.15, -0.1) is 0 Å². The number of anilines is 1. The number of carbonyl (C=O) groups excluding carboxylic acids is 1. The first-order valence-electron chi connectivity index (χ1n) is 13.5. The maximum absolute atomic E-state index is 12.8. The summed E-state index contributed by atoms with van der Waals surface area (Å²) in [6.07, 6.45) is 5.16. The van der Waals surface area contributed by atoms with Crippen molar-refractivity contribution < 1.29 is 14.6 Å². The highest BCUT2D eigenvalue weighted by molar-refractivity contribution is 5.77. The number of likely N-dealkylation sites (tertiary alicyclic amines) is 2. The molecule has 2 aliphatic heterocycles. The second-order valence-electron chi connectivity index (χ2n) is 10.6. The van der Waals surface area contributed by atoms with Crippen LogP contribution in [0, 0.1) is 0 Å². The molecule has 1 aromatic heterocycles. The molecule has 1 unspecified atom stereocenters. The van der Waals surface area contributed by atoms with E-state index >= 15 is 0 Å². The molecule has 0 spiro atoms. The summed E-state index contributed by atoms with van der Waals surface area (Å²) in [7, 11) is 1.74. The lowest BCUT2D eigenvalue weighted by Crippen LogP contribution is -2.49. The van der Waals surface area contributed by atoms with Crippen LogP contribution in [0.3, 0.4) is 0 Å². The lowest BCUT2D eigenvalue weighted by atomic mass is 9.90. The van der Waals surface area contributed by atoms with Gasteiger partial charge in [-0.1, -0.05) is 37.3 Å². The number of hydrogen-bond acceptors (Lipinski definition) is 7. The summed E-state index contributed by atoms with van der Waals surface area (Å²) in [5.41, 5.74) is -0.0750. The summed E-state index contributed by atoms with van der Waals surface area (Å²) in [5, 5.41) is 14.4. The maximum atomic E-state index is 12.8. The van der Waals surface area contributed by atoms with E-state index in [1.54, 1.807) is 7.11 Å². The van der Waals surface area contributed by atoms with E-state index in [1.807, 2.05) is 35.2 Å². The Morgan fingerprint density at radius 1 is 1.24 bits per heavy atom. The monoisotopic (exact) mass is 511 g/mol. The van der Waals surface area contributed by atoms with Crippen LogP contribution in [0.15, 0.2) is 47.5 Å². The topological polar surface area (TPSA) is 99.9 Å². The molecule has 9 nitrogen and oxygen atoms in total. The first kappa shape index (κ1) is 27.3. The van der Waals surface area contributed by atoms with Gasteiger partial charge in [0.05, 0.1) is 25.1 Å². The van der Waals surface area contributed by atoms with Gasteiger partial charge in [0, 0.05) is 51.8 Å². The highest BCUT2D eigenvalue weighted by Gasteiger charge is 2.35. The Bertz CT molecular complexity index is 1070. The summed E-state index contributed by atoms with van der Waals surface area (Å²) in [6, 6.07) is 12.0. The molecule has 2 saturated heterocycles. The van der Waals surface area contributed by atoms with Crippen molar-refractivity contribution in [2.24, 2.45) is 0 Å². The Morgan fingerprint density at radius 3 is 2.70 bits per heavy atom. The second kappa shape index (κ2) is 12.7. The number of ether oxygens (including phenoxy) is 1. The molecule has 0 radical (unpaired) electrons. The number of carbonyl (C=O) groups is 1. The first-order chi connectivity index (χ1) is 17.9. The number of methoxy groups -OCH3 is 1. The second-order valence-corrected chi connectivity index (χ2v) is 10.6. The van der Waals surface area contributed by atoms with Gasteiger partial charge < -0.3 is 20.1 Å². The van der Waals surface area contributed by atoms with Gasteiger partial charge in [-0.25, -0.2) is 4.98 Å². The fourth-order valence-corrected chi connectivity index (χ4v) is 5.48. The summed E-state index contributed by atoms with van der Waals surface area (Å²) < 4.78 is 6.78. The third kappa shape index (κ3) is 7.40. The largest absolute Gasteiger partial charge is 0.388 e. The standard InChI is InChI=1S/C28H41N5O4/c1-22(23-7-4-3-5-8-23)17-26(34)32-14-10-28(36,11-15-32)20-33-21-30-25(18-27(33)35)29-12-16-31-13-6-9-24(31)19-37-2/h3-5,7-8,18,21-22,24,29,36H,6,9-17,19-20H2,1-2H3/t22?,24-/m1/s1. The van der Waals surface area contributed by atoms with Gasteiger partial charge >= 0.3 is 0 Å². The summed E-state index contributed by atoms with van der Waals surface area (Å²) >= 11 is 0. The van der Waals surface area contributed by atoms with Crippen molar-refractivity contribution in [3.05, 3.63) is 58.6 Å². The van der Waals surface area contributed by atoms with Gasteiger partial charge in [-0.2, -0.15) is 0 Å². The van der Waals surface area contributed by atoms with Crippen molar-refractivity contribution >= 4 is 11.7 Å². The predicted octanol–water partition coefficient (Wildman–Crippen LogP) is 2.31. The maximum Gasteiger partial charge on any atom is 0.255 e. The Labute approximate surface area is 219 Å². The van der Waals surface area contributed by atoms with Gasteiger partial charge in [-0.05, 0) is 43.7 Å². The zero-order valence-corrected chi connectivity index (χ0v) is 22.1. The third-order valence-corrected chi connectivity index (χ3v) is 7.80. The van der Waals surface area contributed by atoms with E-state index in [0.717, 1.165) is 31.7 Å². The van der Waals surface area contributed by atoms with Crippen LogP contribution in [-0.4, -0.2) is 88.4 Å². The van der Waals surface area contributed by atoms with E-state index in [-0.39, 0.29) is 23.9 Å². The SMILES string of the molecule is COC[C@H]1CCCN1CCNc1cc(=O)n(CC2(O)CCN(C(=O)CC(C)c3ccccc3)CC2)cn1. The molecule has 2 fully saturated rings. The molecular formula is C28H41N5O4. The van der Waals surface area contributed by atoms with E-state index < -0.39 is 5.60 Å². The van der Waals surface area contributed by atoms with Crippen molar-refractivity contribution in [3.8, 4) is 0 Å². The lowest BCUT2D eigenvalue weighted by Gasteiger charge is -2.38. The van der Waals surface area contributed by atoms with Crippen LogP contribution in [0.25, 0.3) is 0 Å². The van der Waals surface area contributed by atoms with Crippen LogP contribution in [0.4, 0.5) is 5.82 Å². The van der Waals surface area contributed by atoms with Crippen molar-refractivity contribution in [2.45, 2.75) is 63.1 Å². The minimum Gasteiger partial charge on any atom is -0.388 e. The van der Waals surface area contributed by atoms with Gasteiger partial charge in [-0.3, -0.25) is 19.1 Å². The Morgan fingerprint density at radius 2 is 2.00 bits per heavy atom. The molecule has 2 aliphatic rings. The molecule has 4 rings (SSSR count). The summed E-state index contributed by atoms with van der Waals surface area (Å²) in [5.74, 6) is 0.798. The normalized spacial score (nSPS) is 20.6. The van der Waals surface area contributed by atoms with E-state index in [2.05, 4.69) is 22.1 Å². The van der Waals surface area contributed by atoms with E-state index in [4.69, 9.17) is 4.74 Å². The first-order valence-corrected chi connectivity index (χ1v) is 13.5. The van der Waals surface area contributed by atoms with Crippen LogP contribution < -0.4 is 10.9 Å². The number of aliphatic hydroxyl groups is 1. The fraction of sp³-hybridized carbons (Fsp3) is 0.607. The van der Waals surface area contributed by atoms with Gasteiger partial charge in [0.25, 0.3) is 5.56 Å². The fourth-order valence-electron chi connectivity index (χ4n) is 5.48. The molecule has 37 heavy (non-hydrogen) atoms. The van der Waals surface area contributed by atoms with Crippen LogP contribution in [0.2, 0.25) is 0 Å². The molecular weight excluding hydrogens is 470 g/mol. The van der Waals surface area contributed by atoms with Crippen molar-refractivity contribution in [2.75, 3.05) is 51.8 Å². The number of rotatable bonds is 11. The van der Waals surface area contributed by atoms with Crippen LogP contribution >= 0.6 is 0 Å². The Kier molecular flexibility index (Phi) is 9.34. The average Bonchev–Trinajstić information content (AvgIpc) is 3.33. The number of nitrogens with zero attached hydrogens (tertiary/aromatic N) is 4. The quantitative estimate of drug-likeness (QED) is 0.478. The smallest absolute Gasteiger partial charge is 0.255 e. The van der Waals surface area contributed by atoms with Gasteiger partial charge in [0.2, 0.25) is 5.91 Å². The predicted molar refractivity (Wildman–Crippen MR) is 144 cm³/mol. The molecule has 1 amide bonds. The molecule has 0 bridgehead atoms. The molecule has 2 N–H and O–H groups in total. The van der Waals surface area contributed by atoms with Crippen molar-refractivity contribution in [1.29, 1.82) is 0 Å². The lowest BCUT2D eigenvalue weighted by molar-refractivity contribution is -0.136. The Balaban J connectivity index is 1.23. The molecule has 0 aliphatic carbocycles. The number of nitrogens with one attached hydrogen (secondary N) is 1. The van der Waals surface area contributed by atoms with Crippen molar-refractivity contribution in [3.63, 3.8) is 0 Å².